The van der Waals surface area contributed by atoms with E-state index in [0.29, 0.717) is 10.7 Å². The Kier molecular flexibility index (Phi) is 4.58. The molecule has 0 aliphatic heterocycles. The lowest BCUT2D eigenvalue weighted by molar-refractivity contribution is 0.440. The molecule has 0 bridgehead atoms. The molecule has 1 N–H and O–H groups in total. The summed E-state index contributed by atoms with van der Waals surface area (Å²) in [6, 6.07) is 1.31. The fraction of sp³-hybridized carbons (Fsp3) is 0.357. The van der Waals surface area contributed by atoms with E-state index >= 15 is 0 Å². The number of aromatic nitrogens is 2. The Bertz CT molecular complexity index is 632. The predicted molar refractivity (Wildman–Crippen MR) is 74.8 cm³/mol. The number of hydrogen-bond acceptors (Lipinski definition) is 2. The first kappa shape index (κ1) is 15.9. The van der Waals surface area contributed by atoms with Crippen LogP contribution >= 0.6 is 11.6 Å². The Balaban J connectivity index is 2.58. The van der Waals surface area contributed by atoms with Gasteiger partial charge in [-0.25, -0.2) is 13.2 Å². The van der Waals surface area contributed by atoms with Crippen molar-refractivity contribution in [3.8, 4) is 0 Å². The molecular formula is C14H15ClF3N3. The quantitative estimate of drug-likeness (QED) is 0.868. The Morgan fingerprint density at radius 1 is 1.19 bits per heavy atom. The van der Waals surface area contributed by atoms with Crippen molar-refractivity contribution in [1.29, 1.82) is 0 Å². The van der Waals surface area contributed by atoms with Crippen LogP contribution < -0.4 is 5.32 Å². The number of nitrogens with one attached hydrogen (secondary N) is 1. The molecule has 1 unspecified atom stereocenters. The van der Waals surface area contributed by atoms with Crippen LogP contribution in [0.25, 0.3) is 0 Å². The molecule has 0 radical (unpaired) electrons. The van der Waals surface area contributed by atoms with Gasteiger partial charge < -0.3 is 5.32 Å². The summed E-state index contributed by atoms with van der Waals surface area (Å²) in [6.45, 7) is 3.82. The number of rotatable bonds is 4. The van der Waals surface area contributed by atoms with Gasteiger partial charge in [-0.15, -0.1) is 0 Å². The van der Waals surface area contributed by atoms with Crippen LogP contribution in [0.3, 0.4) is 0 Å². The Morgan fingerprint density at radius 2 is 1.76 bits per heavy atom. The monoisotopic (exact) mass is 317 g/mol. The number of nitrogens with zero attached hydrogens (tertiary/aromatic N) is 2. The van der Waals surface area contributed by atoms with Crippen molar-refractivity contribution in [3.63, 3.8) is 0 Å². The molecule has 3 nitrogen and oxygen atoms in total. The number of hydrogen-bond donors (Lipinski definition) is 1. The third-order valence-electron chi connectivity index (χ3n) is 3.18. The molecule has 0 saturated heterocycles. The van der Waals surface area contributed by atoms with Crippen LogP contribution in [0.4, 0.5) is 13.2 Å². The van der Waals surface area contributed by atoms with Crippen molar-refractivity contribution in [3.05, 3.63) is 52.1 Å². The van der Waals surface area contributed by atoms with Gasteiger partial charge in [-0.2, -0.15) is 5.10 Å². The zero-order valence-electron chi connectivity index (χ0n) is 11.8. The molecule has 0 amide bonds. The molecule has 0 aliphatic carbocycles. The molecule has 0 spiro atoms. The smallest absolute Gasteiger partial charge is 0.194 e. The molecule has 1 heterocycles. The maximum absolute atomic E-state index is 13.4. The Morgan fingerprint density at radius 3 is 2.24 bits per heavy atom. The predicted octanol–water partition coefficient (Wildman–Crippen LogP) is 3.84. The second kappa shape index (κ2) is 6.07. The molecule has 1 aromatic carbocycles. The van der Waals surface area contributed by atoms with Gasteiger partial charge in [0.2, 0.25) is 0 Å². The van der Waals surface area contributed by atoms with Crippen LogP contribution in [-0.4, -0.2) is 16.8 Å². The molecule has 0 aliphatic rings. The van der Waals surface area contributed by atoms with E-state index in [9.17, 15) is 13.2 Å². The van der Waals surface area contributed by atoms with E-state index in [0.717, 1.165) is 12.1 Å². The first-order valence-corrected chi connectivity index (χ1v) is 6.79. The molecule has 0 saturated carbocycles. The van der Waals surface area contributed by atoms with Crippen molar-refractivity contribution >= 4 is 11.6 Å². The summed E-state index contributed by atoms with van der Waals surface area (Å²) in [5.41, 5.74) is 0.803. The van der Waals surface area contributed by atoms with Crippen LogP contribution in [0.5, 0.6) is 0 Å². The second-order valence-electron chi connectivity index (χ2n) is 4.94. The van der Waals surface area contributed by atoms with E-state index in [-0.39, 0.29) is 11.6 Å². The molecule has 114 valence electrons. The fourth-order valence-electron chi connectivity index (χ4n) is 2.24. The minimum Gasteiger partial charge on any atom is -0.308 e. The van der Waals surface area contributed by atoms with E-state index in [1.165, 1.54) is 6.20 Å². The van der Waals surface area contributed by atoms with Gasteiger partial charge in [0.05, 0.1) is 23.0 Å². The largest absolute Gasteiger partial charge is 0.308 e. The van der Waals surface area contributed by atoms with Gasteiger partial charge >= 0.3 is 0 Å². The highest BCUT2D eigenvalue weighted by Gasteiger charge is 2.24. The third kappa shape index (κ3) is 2.91. The maximum atomic E-state index is 13.4. The van der Waals surface area contributed by atoms with E-state index in [1.54, 1.807) is 11.7 Å². The summed E-state index contributed by atoms with van der Waals surface area (Å²) in [4.78, 5) is 0. The molecule has 1 atom stereocenters. The SMILES string of the molecule is CNC(c1cc(F)c(F)c(F)c1)c1c(Cl)cnn1C(C)C. The molecular weight excluding hydrogens is 303 g/mol. The lowest BCUT2D eigenvalue weighted by Crippen LogP contribution is -2.23. The van der Waals surface area contributed by atoms with Gasteiger partial charge in [0.25, 0.3) is 0 Å². The second-order valence-corrected chi connectivity index (χ2v) is 5.34. The highest BCUT2D eigenvalue weighted by Crippen LogP contribution is 2.31. The van der Waals surface area contributed by atoms with Crippen LogP contribution in [0.15, 0.2) is 18.3 Å². The van der Waals surface area contributed by atoms with Gasteiger partial charge in [0, 0.05) is 6.04 Å². The summed E-state index contributed by atoms with van der Waals surface area (Å²) in [7, 11) is 1.62. The van der Waals surface area contributed by atoms with E-state index < -0.39 is 23.5 Å². The van der Waals surface area contributed by atoms with Crippen molar-refractivity contribution in [2.75, 3.05) is 7.05 Å². The van der Waals surface area contributed by atoms with Crippen LogP contribution in [0, 0.1) is 17.5 Å². The maximum Gasteiger partial charge on any atom is 0.194 e. The minimum absolute atomic E-state index is 0.0125. The summed E-state index contributed by atoms with van der Waals surface area (Å²) < 4.78 is 41.6. The van der Waals surface area contributed by atoms with Crippen LogP contribution in [0.1, 0.15) is 37.2 Å². The summed E-state index contributed by atoms with van der Waals surface area (Å²) in [6.07, 6.45) is 1.47. The molecule has 7 heteroatoms. The van der Waals surface area contributed by atoms with Crippen LogP contribution in [-0.2, 0) is 0 Å². The standard InChI is InChI=1S/C14H15ClF3N3/c1-7(2)21-14(9(15)6-20-21)13(19-3)8-4-10(16)12(18)11(17)5-8/h4-7,13,19H,1-3H3. The third-order valence-corrected chi connectivity index (χ3v) is 3.47. The fourth-order valence-corrected chi connectivity index (χ4v) is 2.47. The van der Waals surface area contributed by atoms with Crippen molar-refractivity contribution in [2.45, 2.75) is 25.9 Å². The van der Waals surface area contributed by atoms with Gasteiger partial charge in [-0.05, 0) is 38.6 Å². The van der Waals surface area contributed by atoms with E-state index in [4.69, 9.17) is 11.6 Å². The van der Waals surface area contributed by atoms with Crippen LogP contribution in [0.2, 0.25) is 5.02 Å². The van der Waals surface area contributed by atoms with E-state index in [2.05, 4.69) is 10.4 Å². The van der Waals surface area contributed by atoms with Gasteiger partial charge in [0.1, 0.15) is 0 Å². The van der Waals surface area contributed by atoms with Gasteiger partial charge in [-0.1, -0.05) is 11.6 Å². The molecule has 0 fully saturated rings. The number of halogens is 4. The summed E-state index contributed by atoms with van der Waals surface area (Å²) in [5.74, 6) is -3.97. The topological polar surface area (TPSA) is 29.9 Å². The highest BCUT2D eigenvalue weighted by atomic mass is 35.5. The first-order chi connectivity index (χ1) is 9.86. The first-order valence-electron chi connectivity index (χ1n) is 6.41. The number of benzene rings is 1. The summed E-state index contributed by atoms with van der Waals surface area (Å²) in [5, 5.41) is 7.45. The Hall–Kier alpha value is -1.53. The summed E-state index contributed by atoms with van der Waals surface area (Å²) >= 11 is 6.14. The normalized spacial score (nSPS) is 13.0. The average Bonchev–Trinajstić information content (AvgIpc) is 2.79. The Labute approximate surface area is 125 Å². The van der Waals surface area contributed by atoms with Crippen molar-refractivity contribution < 1.29 is 13.2 Å². The minimum atomic E-state index is -1.49. The highest BCUT2D eigenvalue weighted by molar-refractivity contribution is 6.31. The molecule has 2 aromatic rings. The molecule has 21 heavy (non-hydrogen) atoms. The average molecular weight is 318 g/mol. The van der Waals surface area contributed by atoms with Gasteiger partial charge in [0.15, 0.2) is 17.5 Å². The molecule has 1 aromatic heterocycles. The molecule has 2 rings (SSSR count). The zero-order valence-corrected chi connectivity index (χ0v) is 12.5. The van der Waals surface area contributed by atoms with Gasteiger partial charge in [-0.3, -0.25) is 4.68 Å². The van der Waals surface area contributed by atoms with Crippen molar-refractivity contribution in [2.24, 2.45) is 0 Å². The lowest BCUT2D eigenvalue weighted by atomic mass is 10.0. The van der Waals surface area contributed by atoms with E-state index in [1.807, 2.05) is 13.8 Å². The lowest BCUT2D eigenvalue weighted by Gasteiger charge is -2.21. The zero-order chi connectivity index (χ0) is 15.7. The van der Waals surface area contributed by atoms with Crippen molar-refractivity contribution in [1.82, 2.24) is 15.1 Å².